The maximum atomic E-state index is 11.0. The van der Waals surface area contributed by atoms with E-state index in [1.807, 2.05) is 6.07 Å². The largest absolute Gasteiger partial charge is 0.287 e. The fraction of sp³-hybridized carbons (Fsp3) is 0.389. The molecule has 0 bridgehead atoms. The molecule has 0 spiro atoms. The third kappa shape index (κ3) is 4.59. The number of rotatable bonds is 8. The van der Waals surface area contributed by atoms with Crippen molar-refractivity contribution in [2.75, 3.05) is 0 Å². The van der Waals surface area contributed by atoms with Crippen molar-refractivity contribution < 1.29 is 4.92 Å². The van der Waals surface area contributed by atoms with Gasteiger partial charge in [0, 0.05) is 24.0 Å². The molecule has 124 valence electrons. The van der Waals surface area contributed by atoms with Gasteiger partial charge in [-0.05, 0) is 30.5 Å². The van der Waals surface area contributed by atoms with E-state index in [9.17, 15) is 10.1 Å². The third-order valence-electron chi connectivity index (χ3n) is 3.85. The van der Waals surface area contributed by atoms with Crippen LogP contribution in [0.5, 0.6) is 0 Å². The molecule has 0 N–H and O–H groups in total. The van der Waals surface area contributed by atoms with Crippen LogP contribution >= 0.6 is 0 Å². The summed E-state index contributed by atoms with van der Waals surface area (Å²) < 4.78 is 0. The molecule has 0 aliphatic heterocycles. The quantitative estimate of drug-likeness (QED) is 0.406. The third-order valence-corrected chi connectivity index (χ3v) is 3.85. The van der Waals surface area contributed by atoms with Crippen LogP contribution in [0, 0.1) is 21.4 Å². The number of nitrogens with zero attached hydrogens (tertiary/aromatic N) is 4. The molecule has 6 nitrogen and oxygen atoms in total. The van der Waals surface area contributed by atoms with E-state index in [-0.39, 0.29) is 11.3 Å². The molecule has 2 rings (SSSR count). The molecule has 0 atom stereocenters. The zero-order valence-corrected chi connectivity index (χ0v) is 13.7. The van der Waals surface area contributed by atoms with Gasteiger partial charge >= 0.3 is 0 Å². The predicted octanol–water partition coefficient (Wildman–Crippen LogP) is 4.44. The minimum atomic E-state index is -0.563. The van der Waals surface area contributed by atoms with E-state index >= 15 is 0 Å². The Morgan fingerprint density at radius 1 is 1.17 bits per heavy atom. The van der Waals surface area contributed by atoms with Gasteiger partial charge in [0.05, 0.1) is 4.92 Å². The molecule has 0 saturated carbocycles. The highest BCUT2D eigenvalue weighted by atomic mass is 16.6. The van der Waals surface area contributed by atoms with Gasteiger partial charge in [0.1, 0.15) is 11.6 Å². The van der Waals surface area contributed by atoms with E-state index in [0.29, 0.717) is 11.4 Å². The first-order chi connectivity index (χ1) is 11.7. The van der Waals surface area contributed by atoms with Crippen LogP contribution in [0.1, 0.15) is 50.2 Å². The van der Waals surface area contributed by atoms with E-state index in [1.165, 1.54) is 37.8 Å². The van der Waals surface area contributed by atoms with Crippen LogP contribution in [-0.4, -0.2) is 14.9 Å². The van der Waals surface area contributed by atoms with Gasteiger partial charge in [-0.25, -0.2) is 9.97 Å². The molecule has 0 aliphatic rings. The van der Waals surface area contributed by atoms with Crippen molar-refractivity contribution in [3.8, 4) is 17.5 Å². The highest BCUT2D eigenvalue weighted by molar-refractivity contribution is 5.63. The first-order valence-electron chi connectivity index (χ1n) is 8.15. The van der Waals surface area contributed by atoms with Crippen molar-refractivity contribution in [1.29, 1.82) is 5.26 Å². The monoisotopic (exact) mass is 324 g/mol. The minimum absolute atomic E-state index is 0.0347. The number of unbranched alkanes of at least 4 members (excludes halogenated alkanes) is 4. The molecule has 24 heavy (non-hydrogen) atoms. The minimum Gasteiger partial charge on any atom is -0.258 e. The molecule has 0 fully saturated rings. The van der Waals surface area contributed by atoms with Crippen molar-refractivity contribution in [3.63, 3.8) is 0 Å². The molecule has 0 amide bonds. The lowest BCUT2D eigenvalue weighted by atomic mass is 10.1. The average molecular weight is 324 g/mol. The smallest absolute Gasteiger partial charge is 0.258 e. The molecule has 1 aromatic heterocycles. The van der Waals surface area contributed by atoms with Gasteiger partial charge in [-0.1, -0.05) is 32.6 Å². The lowest BCUT2D eigenvalue weighted by Crippen LogP contribution is -1.96. The van der Waals surface area contributed by atoms with Gasteiger partial charge in [0.2, 0.25) is 0 Å². The lowest BCUT2D eigenvalue weighted by Gasteiger charge is -2.04. The zero-order valence-electron chi connectivity index (χ0n) is 13.7. The molecule has 0 unspecified atom stereocenters. The summed E-state index contributed by atoms with van der Waals surface area (Å²) in [5, 5.41) is 19.9. The maximum absolute atomic E-state index is 11.0. The molecule has 0 aliphatic carbocycles. The summed E-state index contributed by atoms with van der Waals surface area (Å²) in [5.74, 6) is 0.428. The Bertz CT molecular complexity index is 736. The lowest BCUT2D eigenvalue weighted by molar-refractivity contribution is -0.385. The molecule has 6 heteroatoms. The summed E-state index contributed by atoms with van der Waals surface area (Å²) in [6.45, 7) is 2.19. The van der Waals surface area contributed by atoms with Crippen molar-refractivity contribution in [2.24, 2.45) is 0 Å². The van der Waals surface area contributed by atoms with Gasteiger partial charge in [-0.2, -0.15) is 5.26 Å². The second-order valence-electron chi connectivity index (χ2n) is 5.68. The number of nitro benzene ring substituents is 1. The number of nitriles is 1. The first-order valence-corrected chi connectivity index (χ1v) is 8.15. The Hall–Kier alpha value is -2.81. The van der Waals surface area contributed by atoms with E-state index in [1.54, 1.807) is 18.5 Å². The van der Waals surface area contributed by atoms with Gasteiger partial charge in [-0.15, -0.1) is 0 Å². The normalized spacial score (nSPS) is 10.3. The Labute approximate surface area is 141 Å². The van der Waals surface area contributed by atoms with Crippen LogP contribution in [0.3, 0.4) is 0 Å². The summed E-state index contributed by atoms with van der Waals surface area (Å²) in [6.07, 6.45) is 10.6. The van der Waals surface area contributed by atoms with E-state index in [4.69, 9.17) is 5.26 Å². The Morgan fingerprint density at radius 2 is 1.88 bits per heavy atom. The summed E-state index contributed by atoms with van der Waals surface area (Å²) in [5.41, 5.74) is 1.42. The highest BCUT2D eigenvalue weighted by Gasteiger charge is 2.15. The number of benzene rings is 1. The second kappa shape index (κ2) is 8.73. The number of nitro groups is 1. The van der Waals surface area contributed by atoms with Crippen LogP contribution in [-0.2, 0) is 6.42 Å². The van der Waals surface area contributed by atoms with Gasteiger partial charge in [0.15, 0.2) is 5.82 Å². The fourth-order valence-corrected chi connectivity index (χ4v) is 2.48. The predicted molar refractivity (Wildman–Crippen MR) is 91.3 cm³/mol. The summed E-state index contributed by atoms with van der Waals surface area (Å²) >= 11 is 0. The molecular weight excluding hydrogens is 304 g/mol. The zero-order chi connectivity index (χ0) is 17.4. The van der Waals surface area contributed by atoms with Crippen LogP contribution in [0.4, 0.5) is 5.69 Å². The van der Waals surface area contributed by atoms with Gasteiger partial charge < -0.3 is 0 Å². The van der Waals surface area contributed by atoms with Crippen LogP contribution < -0.4 is 0 Å². The van der Waals surface area contributed by atoms with Crippen molar-refractivity contribution in [1.82, 2.24) is 9.97 Å². The first kappa shape index (κ1) is 17.5. The van der Waals surface area contributed by atoms with Crippen LogP contribution in [0.15, 0.2) is 30.6 Å². The standard InChI is InChI=1S/C18H20N4O2/c1-2-3-4-5-6-7-14-12-20-18(21-13-14)15-8-9-16(11-19)17(10-15)22(23)24/h8-10,12-13H,2-7H2,1H3. The van der Waals surface area contributed by atoms with Crippen LogP contribution in [0.25, 0.3) is 11.4 Å². The Balaban J connectivity index is 2.07. The van der Waals surface area contributed by atoms with E-state index < -0.39 is 4.92 Å². The number of hydrogen-bond acceptors (Lipinski definition) is 5. The molecular formula is C18H20N4O2. The summed E-state index contributed by atoms with van der Waals surface area (Å²) in [6, 6.07) is 6.22. The molecule has 0 radical (unpaired) electrons. The molecule has 2 aromatic rings. The SMILES string of the molecule is CCCCCCCc1cnc(-c2ccc(C#N)c([N+](=O)[O-])c2)nc1. The van der Waals surface area contributed by atoms with E-state index in [2.05, 4.69) is 16.9 Å². The number of aryl methyl sites for hydroxylation is 1. The van der Waals surface area contributed by atoms with Crippen molar-refractivity contribution in [3.05, 3.63) is 51.8 Å². The van der Waals surface area contributed by atoms with Gasteiger partial charge in [-0.3, -0.25) is 10.1 Å². The molecule has 1 aromatic carbocycles. The molecule has 1 heterocycles. The number of aromatic nitrogens is 2. The average Bonchev–Trinajstić information content (AvgIpc) is 2.61. The highest BCUT2D eigenvalue weighted by Crippen LogP contribution is 2.24. The summed E-state index contributed by atoms with van der Waals surface area (Å²) in [4.78, 5) is 19.1. The summed E-state index contributed by atoms with van der Waals surface area (Å²) in [7, 11) is 0. The van der Waals surface area contributed by atoms with Crippen molar-refractivity contribution in [2.45, 2.75) is 45.4 Å². The number of hydrogen-bond donors (Lipinski definition) is 0. The second-order valence-corrected chi connectivity index (χ2v) is 5.68. The maximum Gasteiger partial charge on any atom is 0.287 e. The van der Waals surface area contributed by atoms with Crippen molar-refractivity contribution >= 4 is 5.69 Å². The Morgan fingerprint density at radius 3 is 2.50 bits per heavy atom. The van der Waals surface area contributed by atoms with Gasteiger partial charge in [0.25, 0.3) is 5.69 Å². The van der Waals surface area contributed by atoms with E-state index in [0.717, 1.165) is 18.4 Å². The topological polar surface area (TPSA) is 92.7 Å². The van der Waals surface area contributed by atoms with Crippen LogP contribution in [0.2, 0.25) is 0 Å². The molecule has 0 saturated heterocycles. The fourth-order valence-electron chi connectivity index (χ4n) is 2.48. The Kier molecular flexibility index (Phi) is 6.38.